The van der Waals surface area contributed by atoms with Gasteiger partial charge in [0.15, 0.2) is 0 Å². The Hall–Kier alpha value is -2.89. The second-order valence-corrected chi connectivity index (χ2v) is 6.75. The van der Waals surface area contributed by atoms with Crippen LogP contribution in [0.25, 0.3) is 0 Å². The van der Waals surface area contributed by atoms with Crippen LogP contribution >= 0.6 is 0 Å². The highest BCUT2D eigenvalue weighted by molar-refractivity contribution is 6.04. The first kappa shape index (κ1) is 18.9. The SMILES string of the molecule is Cc1cccc(C(=O)N2CCCC2)c1NC(=O)NCCc1ccc(F)cc1. The number of amides is 3. The number of carbonyl (C=O) groups excluding carboxylic acids is 2. The molecule has 5 nitrogen and oxygen atoms in total. The van der Waals surface area contributed by atoms with Crippen LogP contribution in [-0.4, -0.2) is 36.5 Å². The maximum atomic E-state index is 12.9. The van der Waals surface area contributed by atoms with Crippen LogP contribution in [-0.2, 0) is 6.42 Å². The Kier molecular flexibility index (Phi) is 6.06. The van der Waals surface area contributed by atoms with Crippen molar-refractivity contribution in [1.82, 2.24) is 10.2 Å². The van der Waals surface area contributed by atoms with Crippen LogP contribution in [0.5, 0.6) is 0 Å². The predicted octanol–water partition coefficient (Wildman–Crippen LogP) is 3.73. The maximum Gasteiger partial charge on any atom is 0.319 e. The van der Waals surface area contributed by atoms with Gasteiger partial charge in [0.1, 0.15) is 5.82 Å². The Morgan fingerprint density at radius 2 is 1.78 bits per heavy atom. The van der Waals surface area contributed by atoms with Gasteiger partial charge in [-0.15, -0.1) is 0 Å². The molecule has 0 aromatic heterocycles. The predicted molar refractivity (Wildman–Crippen MR) is 103 cm³/mol. The molecule has 3 amide bonds. The highest BCUT2D eigenvalue weighted by Gasteiger charge is 2.23. The fourth-order valence-electron chi connectivity index (χ4n) is 3.23. The molecule has 3 rings (SSSR count). The fraction of sp³-hybridized carbons (Fsp3) is 0.333. The Balaban J connectivity index is 1.61. The summed E-state index contributed by atoms with van der Waals surface area (Å²) in [5.41, 5.74) is 2.85. The van der Waals surface area contributed by atoms with Crippen molar-refractivity contribution < 1.29 is 14.0 Å². The first-order valence-corrected chi connectivity index (χ1v) is 9.23. The molecule has 0 atom stereocenters. The molecule has 2 aromatic carbocycles. The van der Waals surface area contributed by atoms with Crippen LogP contribution < -0.4 is 10.6 Å². The van der Waals surface area contributed by atoms with Crippen LogP contribution in [0.4, 0.5) is 14.9 Å². The quantitative estimate of drug-likeness (QED) is 0.844. The van der Waals surface area contributed by atoms with Gasteiger partial charge in [-0.2, -0.15) is 0 Å². The van der Waals surface area contributed by atoms with Crippen molar-refractivity contribution in [3.8, 4) is 0 Å². The van der Waals surface area contributed by atoms with Crippen molar-refractivity contribution in [2.75, 3.05) is 25.0 Å². The van der Waals surface area contributed by atoms with E-state index in [-0.39, 0.29) is 17.8 Å². The Morgan fingerprint density at radius 3 is 2.48 bits per heavy atom. The zero-order valence-corrected chi connectivity index (χ0v) is 15.4. The van der Waals surface area contributed by atoms with E-state index >= 15 is 0 Å². The molecule has 1 fully saturated rings. The summed E-state index contributed by atoms with van der Waals surface area (Å²) in [5, 5.41) is 5.61. The summed E-state index contributed by atoms with van der Waals surface area (Å²) in [7, 11) is 0. The number of halogens is 1. The van der Waals surface area contributed by atoms with Crippen LogP contribution in [0.15, 0.2) is 42.5 Å². The molecule has 0 bridgehead atoms. The van der Waals surface area contributed by atoms with Gasteiger partial charge in [-0.3, -0.25) is 4.79 Å². The van der Waals surface area contributed by atoms with Crippen molar-refractivity contribution in [3.05, 3.63) is 65.0 Å². The lowest BCUT2D eigenvalue weighted by atomic mass is 10.1. The molecule has 1 heterocycles. The monoisotopic (exact) mass is 369 g/mol. The molecule has 0 spiro atoms. The first-order valence-electron chi connectivity index (χ1n) is 9.23. The van der Waals surface area contributed by atoms with Gasteiger partial charge in [-0.1, -0.05) is 24.3 Å². The van der Waals surface area contributed by atoms with Crippen molar-refractivity contribution in [1.29, 1.82) is 0 Å². The molecule has 0 radical (unpaired) electrons. The number of aryl methyl sites for hydroxylation is 1. The minimum Gasteiger partial charge on any atom is -0.339 e. The largest absolute Gasteiger partial charge is 0.339 e. The number of nitrogens with one attached hydrogen (secondary N) is 2. The van der Waals surface area contributed by atoms with Crippen molar-refractivity contribution in [3.63, 3.8) is 0 Å². The summed E-state index contributed by atoms with van der Waals surface area (Å²) in [6, 6.07) is 11.3. The summed E-state index contributed by atoms with van der Waals surface area (Å²) in [5.74, 6) is -0.322. The molecule has 6 heteroatoms. The zero-order valence-electron chi connectivity index (χ0n) is 15.4. The van der Waals surface area contributed by atoms with E-state index in [1.165, 1.54) is 12.1 Å². The molecule has 2 N–H and O–H groups in total. The molecule has 0 aliphatic carbocycles. The van der Waals surface area contributed by atoms with E-state index in [4.69, 9.17) is 0 Å². The number of benzene rings is 2. The van der Waals surface area contributed by atoms with Crippen LogP contribution in [0.3, 0.4) is 0 Å². The normalized spacial score (nSPS) is 13.5. The minimum absolute atomic E-state index is 0.0437. The van der Waals surface area contributed by atoms with Crippen LogP contribution in [0.1, 0.15) is 34.3 Å². The number of hydrogen-bond donors (Lipinski definition) is 2. The van der Waals surface area contributed by atoms with E-state index < -0.39 is 0 Å². The van der Waals surface area contributed by atoms with Gasteiger partial charge < -0.3 is 15.5 Å². The molecule has 1 saturated heterocycles. The third-order valence-corrected chi connectivity index (χ3v) is 4.75. The third kappa shape index (κ3) is 4.84. The van der Waals surface area contributed by atoms with E-state index in [0.29, 0.717) is 24.2 Å². The number of nitrogens with zero attached hydrogens (tertiary/aromatic N) is 1. The van der Waals surface area contributed by atoms with E-state index in [2.05, 4.69) is 10.6 Å². The van der Waals surface area contributed by atoms with Gasteiger partial charge in [0.25, 0.3) is 5.91 Å². The van der Waals surface area contributed by atoms with Crippen molar-refractivity contribution >= 4 is 17.6 Å². The standard InChI is InChI=1S/C21H24FN3O2/c1-15-5-4-6-18(20(26)25-13-2-3-14-25)19(15)24-21(27)23-12-11-16-7-9-17(22)10-8-16/h4-10H,2-3,11-14H2,1H3,(H2,23,24,27). The third-order valence-electron chi connectivity index (χ3n) is 4.75. The van der Waals surface area contributed by atoms with E-state index in [9.17, 15) is 14.0 Å². The topological polar surface area (TPSA) is 61.4 Å². The Labute approximate surface area is 158 Å². The number of hydrogen-bond acceptors (Lipinski definition) is 2. The molecule has 142 valence electrons. The number of anilines is 1. The lowest BCUT2D eigenvalue weighted by molar-refractivity contribution is 0.0794. The van der Waals surface area contributed by atoms with Crippen molar-refractivity contribution in [2.24, 2.45) is 0 Å². The molecular formula is C21H24FN3O2. The summed E-state index contributed by atoms with van der Waals surface area (Å²) in [6.45, 7) is 3.81. The number of para-hydroxylation sites is 1. The Bertz CT molecular complexity index is 815. The minimum atomic E-state index is -0.359. The highest BCUT2D eigenvalue weighted by Crippen LogP contribution is 2.23. The van der Waals surface area contributed by atoms with E-state index in [1.807, 2.05) is 24.0 Å². The smallest absolute Gasteiger partial charge is 0.319 e. The number of likely N-dealkylation sites (tertiary alicyclic amines) is 1. The summed E-state index contributed by atoms with van der Waals surface area (Å²) >= 11 is 0. The lowest BCUT2D eigenvalue weighted by Crippen LogP contribution is -2.33. The van der Waals surface area contributed by atoms with Crippen molar-refractivity contribution in [2.45, 2.75) is 26.2 Å². The molecule has 0 unspecified atom stereocenters. The second kappa shape index (κ2) is 8.66. The zero-order chi connectivity index (χ0) is 19.2. The average molecular weight is 369 g/mol. The fourth-order valence-corrected chi connectivity index (χ4v) is 3.23. The maximum absolute atomic E-state index is 12.9. The molecule has 1 aliphatic heterocycles. The van der Waals surface area contributed by atoms with Crippen LogP contribution in [0.2, 0.25) is 0 Å². The average Bonchev–Trinajstić information content (AvgIpc) is 3.19. The van der Waals surface area contributed by atoms with E-state index in [1.54, 1.807) is 18.2 Å². The Morgan fingerprint density at radius 1 is 1.07 bits per heavy atom. The van der Waals surface area contributed by atoms with Gasteiger partial charge in [0, 0.05) is 19.6 Å². The summed E-state index contributed by atoms with van der Waals surface area (Å²) in [6.07, 6.45) is 2.63. The van der Waals surface area contributed by atoms with Gasteiger partial charge in [-0.25, -0.2) is 9.18 Å². The first-order chi connectivity index (χ1) is 13.0. The highest BCUT2D eigenvalue weighted by atomic mass is 19.1. The van der Waals surface area contributed by atoms with Gasteiger partial charge in [0.2, 0.25) is 0 Å². The molecule has 1 aliphatic rings. The molecule has 0 saturated carbocycles. The summed E-state index contributed by atoms with van der Waals surface area (Å²) in [4.78, 5) is 26.9. The van der Waals surface area contributed by atoms with E-state index in [0.717, 1.165) is 37.1 Å². The van der Waals surface area contributed by atoms with Gasteiger partial charge >= 0.3 is 6.03 Å². The molecule has 27 heavy (non-hydrogen) atoms. The number of carbonyl (C=O) groups is 2. The second-order valence-electron chi connectivity index (χ2n) is 6.75. The van der Waals surface area contributed by atoms with Gasteiger partial charge in [-0.05, 0) is 55.5 Å². The number of rotatable bonds is 5. The lowest BCUT2D eigenvalue weighted by Gasteiger charge is -2.19. The summed E-state index contributed by atoms with van der Waals surface area (Å²) < 4.78 is 12.9. The van der Waals surface area contributed by atoms with Crippen LogP contribution in [0, 0.1) is 12.7 Å². The molecular weight excluding hydrogens is 345 g/mol. The van der Waals surface area contributed by atoms with Gasteiger partial charge in [0.05, 0.1) is 11.3 Å². The number of urea groups is 1. The molecule has 2 aromatic rings.